The van der Waals surface area contributed by atoms with Crippen LogP contribution in [0.25, 0.3) is 0 Å². The maximum Gasteiger partial charge on any atom is 0.0784 e. The number of quaternary nitrogens is 1. The van der Waals surface area contributed by atoms with Crippen LogP contribution < -0.4 is 0 Å². The first-order chi connectivity index (χ1) is 9.68. The van der Waals surface area contributed by atoms with Gasteiger partial charge in [-0.3, -0.25) is 0 Å². The summed E-state index contributed by atoms with van der Waals surface area (Å²) in [4.78, 5) is 0. The Labute approximate surface area is 132 Å². The number of nitrogens with zero attached hydrogens (tertiary/aromatic N) is 1. The van der Waals surface area contributed by atoms with Gasteiger partial charge in [0.1, 0.15) is 0 Å². The largest absolute Gasteiger partial charge is 0.326 e. The summed E-state index contributed by atoms with van der Waals surface area (Å²) in [6.07, 6.45) is 15.5. The van der Waals surface area contributed by atoms with Crippen LogP contribution in [0.4, 0.5) is 0 Å². The zero-order valence-electron chi connectivity index (χ0n) is 14.6. The van der Waals surface area contributed by atoms with Crippen LogP contribution >= 0.6 is 0 Å². The molecule has 119 valence electrons. The highest BCUT2D eigenvalue weighted by atomic mass is 28.1. The van der Waals surface area contributed by atoms with E-state index in [1.807, 2.05) is 0 Å². The second-order valence-corrected chi connectivity index (χ2v) is 7.22. The van der Waals surface area contributed by atoms with Gasteiger partial charge in [-0.25, -0.2) is 0 Å². The van der Waals surface area contributed by atoms with Gasteiger partial charge in [-0.15, -0.1) is 0 Å². The Balaban J connectivity index is 3.85. The molecule has 0 aliphatic rings. The van der Waals surface area contributed by atoms with Crippen molar-refractivity contribution in [2.24, 2.45) is 0 Å². The van der Waals surface area contributed by atoms with Crippen LogP contribution in [0.15, 0.2) is 0 Å². The van der Waals surface area contributed by atoms with Crippen LogP contribution in [0.5, 0.6) is 0 Å². The molecule has 0 heterocycles. The molecule has 0 fully saturated rings. The van der Waals surface area contributed by atoms with Gasteiger partial charge in [-0.05, 0) is 32.1 Å². The number of unbranched alkanes of at least 4 members (excludes halogenated alkanes) is 8. The van der Waals surface area contributed by atoms with E-state index >= 15 is 0 Å². The quantitative estimate of drug-likeness (QED) is 0.217. The maximum atomic E-state index is 3.64. The van der Waals surface area contributed by atoms with E-state index in [0.717, 1.165) is 6.04 Å². The summed E-state index contributed by atoms with van der Waals surface area (Å²) < 4.78 is 1.31. The molecule has 0 spiro atoms. The topological polar surface area (TPSA) is 0 Å². The molecule has 0 aromatic heterocycles. The smallest absolute Gasteiger partial charge is 0.0784 e. The first kappa shape index (κ1) is 20.2. The molecule has 0 aliphatic carbocycles. The zero-order chi connectivity index (χ0) is 15.1. The Morgan fingerprint density at radius 3 is 1.50 bits per heavy atom. The molecule has 1 unspecified atom stereocenters. The third-order valence-electron chi connectivity index (χ3n) is 4.48. The van der Waals surface area contributed by atoms with Gasteiger partial charge >= 0.3 is 0 Å². The summed E-state index contributed by atoms with van der Waals surface area (Å²) in [6.45, 7) is 8.73. The normalized spacial score (nSPS) is 14.4. The van der Waals surface area contributed by atoms with E-state index in [-0.39, 0.29) is 0 Å². The first-order valence-electron chi connectivity index (χ1n) is 9.16. The van der Waals surface area contributed by atoms with E-state index < -0.39 is 0 Å². The van der Waals surface area contributed by atoms with Crippen LogP contribution in [0.1, 0.15) is 84.5 Å². The lowest BCUT2D eigenvalue weighted by Gasteiger charge is -2.35. The summed E-state index contributed by atoms with van der Waals surface area (Å²) in [7, 11) is 6.13. The highest BCUT2D eigenvalue weighted by molar-refractivity contribution is 6.08. The van der Waals surface area contributed by atoms with Gasteiger partial charge in [0.15, 0.2) is 0 Å². The minimum atomic E-state index is 1.15. The van der Waals surface area contributed by atoms with Crippen LogP contribution in [0.3, 0.4) is 0 Å². The van der Waals surface area contributed by atoms with Gasteiger partial charge in [0.25, 0.3) is 0 Å². The number of hydrogen-bond donors (Lipinski definition) is 0. The average Bonchev–Trinajstić information content (AvgIpc) is 2.45. The second-order valence-electron chi connectivity index (χ2n) is 6.72. The van der Waals surface area contributed by atoms with Crippen LogP contribution in [-0.2, 0) is 0 Å². The van der Waals surface area contributed by atoms with E-state index in [1.54, 1.807) is 0 Å². The van der Waals surface area contributed by atoms with Crippen molar-refractivity contribution in [3.05, 3.63) is 0 Å². The molecule has 2 heteroatoms. The van der Waals surface area contributed by atoms with E-state index in [1.165, 1.54) is 94.7 Å². The van der Waals surface area contributed by atoms with Gasteiger partial charge in [-0.2, -0.15) is 0 Å². The lowest BCUT2D eigenvalue weighted by atomic mass is 10.1. The fourth-order valence-electron chi connectivity index (χ4n) is 2.99. The summed E-state index contributed by atoms with van der Waals surface area (Å²) >= 11 is 0. The van der Waals surface area contributed by atoms with Crippen molar-refractivity contribution in [1.29, 1.82) is 0 Å². The van der Waals surface area contributed by atoms with Crippen LogP contribution in [0.2, 0.25) is 6.04 Å². The highest BCUT2D eigenvalue weighted by Crippen LogP contribution is 2.14. The van der Waals surface area contributed by atoms with Crippen molar-refractivity contribution < 1.29 is 4.48 Å². The van der Waals surface area contributed by atoms with Crippen molar-refractivity contribution >= 4 is 10.2 Å². The number of rotatable bonds is 15. The van der Waals surface area contributed by atoms with Gasteiger partial charge in [0.05, 0.1) is 26.7 Å². The molecule has 0 bridgehead atoms. The molecule has 0 N–H and O–H groups in total. The molecule has 0 aliphatic heterocycles. The lowest BCUT2D eigenvalue weighted by Crippen LogP contribution is -2.46. The molecule has 1 atom stereocenters. The average molecular weight is 298 g/mol. The van der Waals surface area contributed by atoms with Crippen molar-refractivity contribution in [1.82, 2.24) is 0 Å². The molecule has 0 aromatic rings. The molecule has 0 saturated carbocycles. The maximum absolute atomic E-state index is 3.64. The van der Waals surface area contributed by atoms with Gasteiger partial charge in [0, 0.05) is 10.2 Å². The summed E-state index contributed by atoms with van der Waals surface area (Å²) in [5.74, 6) is 0. The molecule has 1 nitrogen and oxygen atoms in total. The molecule has 0 rings (SSSR count). The second kappa shape index (κ2) is 14.1. The molecule has 0 aromatic carbocycles. The monoisotopic (exact) mass is 297 g/mol. The summed E-state index contributed by atoms with van der Waals surface area (Å²) in [5.41, 5.74) is 0. The molecule has 20 heavy (non-hydrogen) atoms. The Bertz CT molecular complexity index is 196. The van der Waals surface area contributed by atoms with E-state index in [9.17, 15) is 0 Å². The zero-order valence-corrected chi connectivity index (χ0v) is 15.6. The molecular formula is C18H39NSi+. The predicted octanol–water partition coefficient (Wildman–Crippen LogP) is 5.35. The van der Waals surface area contributed by atoms with Gasteiger partial charge < -0.3 is 4.48 Å². The Morgan fingerprint density at radius 2 is 1.00 bits per heavy atom. The summed E-state index contributed by atoms with van der Waals surface area (Å²) in [5, 5.41) is 0. The fourth-order valence-corrected chi connectivity index (χ4v) is 3.15. The molecule has 0 amide bonds. The molecular weight excluding hydrogens is 258 g/mol. The van der Waals surface area contributed by atoms with E-state index in [0.29, 0.717) is 0 Å². The van der Waals surface area contributed by atoms with Gasteiger partial charge in [-0.1, -0.05) is 58.4 Å². The number of hydrogen-bond acceptors (Lipinski definition) is 0. The SMILES string of the molecule is CCCCCCCC[N+](C)(CCC[Si])CCCCCC. The Hall–Kier alpha value is 0.177. The van der Waals surface area contributed by atoms with Crippen molar-refractivity contribution in [2.45, 2.75) is 90.5 Å². The standard InChI is InChI=1S/C18H39NSi/c1-4-6-8-10-11-13-16-19(3,17-14-18-20)15-12-9-7-5-2/h4-18H2,1-3H3/q+1. The van der Waals surface area contributed by atoms with E-state index in [4.69, 9.17) is 0 Å². The van der Waals surface area contributed by atoms with Crippen molar-refractivity contribution in [3.8, 4) is 0 Å². The van der Waals surface area contributed by atoms with Crippen LogP contribution in [-0.4, -0.2) is 41.4 Å². The summed E-state index contributed by atoms with van der Waals surface area (Å²) in [6, 6.07) is 1.15. The van der Waals surface area contributed by atoms with Crippen molar-refractivity contribution in [3.63, 3.8) is 0 Å². The fraction of sp³-hybridized carbons (Fsp3) is 1.00. The van der Waals surface area contributed by atoms with Crippen LogP contribution in [0, 0.1) is 0 Å². The third-order valence-corrected chi connectivity index (χ3v) is 4.83. The molecule has 0 saturated heterocycles. The van der Waals surface area contributed by atoms with Crippen molar-refractivity contribution in [2.75, 3.05) is 26.7 Å². The van der Waals surface area contributed by atoms with E-state index in [2.05, 4.69) is 31.1 Å². The third kappa shape index (κ3) is 12.0. The van der Waals surface area contributed by atoms with Gasteiger partial charge in [0.2, 0.25) is 0 Å². The lowest BCUT2D eigenvalue weighted by molar-refractivity contribution is -0.910. The molecule has 3 radical (unpaired) electrons. The minimum Gasteiger partial charge on any atom is -0.326 e. The Kier molecular flexibility index (Phi) is 14.3. The Morgan fingerprint density at radius 1 is 0.600 bits per heavy atom. The first-order valence-corrected chi connectivity index (χ1v) is 9.87. The predicted molar refractivity (Wildman–Crippen MR) is 93.5 cm³/mol. The highest BCUT2D eigenvalue weighted by Gasteiger charge is 2.19. The minimum absolute atomic E-state index is 1.15.